The lowest BCUT2D eigenvalue weighted by Gasteiger charge is -2.22. The summed E-state index contributed by atoms with van der Waals surface area (Å²) in [6.45, 7) is 8.00. The van der Waals surface area contributed by atoms with Gasteiger partial charge in [-0.1, -0.05) is 0 Å². The number of rotatable bonds is 3. The van der Waals surface area contributed by atoms with Crippen molar-refractivity contribution in [3.8, 4) is 0 Å². The Balaban J connectivity index is 0.000000270. The second kappa shape index (κ2) is 8.69. The van der Waals surface area contributed by atoms with Crippen LogP contribution in [0.1, 0.15) is 50.9 Å². The molecule has 6 nitrogen and oxygen atoms in total. The van der Waals surface area contributed by atoms with Crippen LogP contribution in [0.4, 0.5) is 0 Å². The number of aliphatic hydroxyl groups is 1. The number of nitrogens with one attached hydrogen (secondary N) is 1. The van der Waals surface area contributed by atoms with Gasteiger partial charge in [0.1, 0.15) is 12.2 Å². The van der Waals surface area contributed by atoms with Crippen LogP contribution in [0, 0.1) is 0 Å². The molecule has 2 N–H and O–H groups in total. The average molecular weight is 295 g/mol. The molecule has 0 saturated carbocycles. The number of ether oxygens (including phenoxy) is 1. The van der Waals surface area contributed by atoms with Gasteiger partial charge in [0.25, 0.3) is 6.47 Å². The molecule has 1 aliphatic heterocycles. The van der Waals surface area contributed by atoms with Crippen LogP contribution in [0.3, 0.4) is 0 Å². The van der Waals surface area contributed by atoms with Gasteiger partial charge in [-0.2, -0.15) is 0 Å². The van der Waals surface area contributed by atoms with Gasteiger partial charge in [-0.3, -0.25) is 4.79 Å². The molecule has 6 heteroatoms. The van der Waals surface area contributed by atoms with Crippen molar-refractivity contribution in [2.75, 3.05) is 13.1 Å². The fraction of sp³-hybridized carbons (Fsp3) is 0.667. The Morgan fingerprint density at radius 2 is 1.90 bits per heavy atom. The average Bonchev–Trinajstić information content (AvgIpc) is 2.48. The van der Waals surface area contributed by atoms with E-state index >= 15 is 0 Å². The van der Waals surface area contributed by atoms with Gasteiger partial charge in [-0.25, -0.2) is 9.97 Å². The Morgan fingerprint density at radius 1 is 1.33 bits per heavy atom. The SMILES string of the molecule is CC(C)(C)OC=O.OCc1ncc(C2CCNCC2)cn1. The zero-order valence-electron chi connectivity index (χ0n) is 13.0. The molecule has 118 valence electrons. The van der Waals surface area contributed by atoms with Crippen molar-refractivity contribution in [3.63, 3.8) is 0 Å². The number of hydrogen-bond acceptors (Lipinski definition) is 6. The molecular formula is C15H25N3O3. The first-order valence-corrected chi connectivity index (χ1v) is 7.20. The third kappa shape index (κ3) is 7.15. The molecular weight excluding hydrogens is 270 g/mol. The highest BCUT2D eigenvalue weighted by Gasteiger charge is 2.15. The highest BCUT2D eigenvalue weighted by Crippen LogP contribution is 2.23. The van der Waals surface area contributed by atoms with Crippen molar-refractivity contribution >= 4 is 6.47 Å². The van der Waals surface area contributed by atoms with Crippen molar-refractivity contribution in [1.29, 1.82) is 0 Å². The van der Waals surface area contributed by atoms with Gasteiger partial charge >= 0.3 is 0 Å². The van der Waals surface area contributed by atoms with Gasteiger partial charge in [0.05, 0.1) is 0 Å². The van der Waals surface area contributed by atoms with Crippen LogP contribution in [-0.2, 0) is 16.1 Å². The topological polar surface area (TPSA) is 84.3 Å². The van der Waals surface area contributed by atoms with Crippen LogP contribution < -0.4 is 5.32 Å². The highest BCUT2D eigenvalue weighted by atomic mass is 16.5. The predicted octanol–water partition coefficient (Wildman–Crippen LogP) is 1.39. The summed E-state index contributed by atoms with van der Waals surface area (Å²) < 4.78 is 4.55. The van der Waals surface area contributed by atoms with Gasteiger partial charge in [0.15, 0.2) is 5.82 Å². The lowest BCUT2D eigenvalue weighted by Crippen LogP contribution is -2.26. The summed E-state index contributed by atoms with van der Waals surface area (Å²) in [5.41, 5.74) is 0.880. The first-order chi connectivity index (χ1) is 9.96. The van der Waals surface area contributed by atoms with E-state index in [9.17, 15) is 4.79 Å². The molecule has 0 amide bonds. The molecule has 2 rings (SSSR count). The maximum Gasteiger partial charge on any atom is 0.293 e. The third-order valence-corrected chi connectivity index (χ3v) is 3.08. The van der Waals surface area contributed by atoms with Crippen LogP contribution in [0.2, 0.25) is 0 Å². The predicted molar refractivity (Wildman–Crippen MR) is 79.7 cm³/mol. The van der Waals surface area contributed by atoms with Crippen molar-refractivity contribution in [2.45, 2.75) is 51.7 Å². The smallest absolute Gasteiger partial charge is 0.293 e. The molecule has 0 aromatic carbocycles. The van der Waals surface area contributed by atoms with Crippen molar-refractivity contribution in [2.24, 2.45) is 0 Å². The summed E-state index contributed by atoms with van der Waals surface area (Å²) >= 11 is 0. The number of hydrogen-bond donors (Lipinski definition) is 2. The van der Waals surface area contributed by atoms with E-state index in [0.29, 0.717) is 18.2 Å². The molecule has 1 fully saturated rings. The number of nitrogens with zero attached hydrogens (tertiary/aromatic N) is 2. The van der Waals surface area contributed by atoms with E-state index in [1.807, 2.05) is 33.2 Å². The van der Waals surface area contributed by atoms with Crippen LogP contribution in [-0.4, -0.2) is 40.2 Å². The maximum atomic E-state index is 9.60. The van der Waals surface area contributed by atoms with Gasteiger partial charge in [-0.05, 0) is 58.2 Å². The van der Waals surface area contributed by atoms with E-state index in [4.69, 9.17) is 5.11 Å². The van der Waals surface area contributed by atoms with Crippen LogP contribution >= 0.6 is 0 Å². The first kappa shape index (κ1) is 17.5. The van der Waals surface area contributed by atoms with E-state index in [1.165, 1.54) is 5.56 Å². The standard InChI is InChI=1S/C10H15N3O.C5H10O2/c14-7-10-12-5-9(6-13-10)8-1-3-11-4-2-8;1-5(2,3)7-4-6/h5-6,8,11,14H,1-4,7H2;4H,1-3H3. The van der Waals surface area contributed by atoms with E-state index in [2.05, 4.69) is 20.0 Å². The first-order valence-electron chi connectivity index (χ1n) is 7.20. The molecule has 2 heterocycles. The van der Waals surface area contributed by atoms with Crippen LogP contribution in [0.15, 0.2) is 12.4 Å². The fourth-order valence-electron chi connectivity index (χ4n) is 1.96. The molecule has 0 bridgehead atoms. The van der Waals surface area contributed by atoms with E-state index in [0.717, 1.165) is 25.9 Å². The molecule has 1 aliphatic rings. The summed E-state index contributed by atoms with van der Waals surface area (Å²) in [6.07, 6.45) is 5.99. The molecule has 1 aromatic heterocycles. The molecule has 0 radical (unpaired) electrons. The summed E-state index contributed by atoms with van der Waals surface area (Å²) in [5.74, 6) is 1.09. The minimum absolute atomic E-state index is 0.0769. The molecule has 21 heavy (non-hydrogen) atoms. The lowest BCUT2D eigenvalue weighted by atomic mass is 9.92. The Bertz CT molecular complexity index is 409. The lowest BCUT2D eigenvalue weighted by molar-refractivity contribution is -0.138. The number of piperidine rings is 1. The maximum absolute atomic E-state index is 9.60. The van der Waals surface area contributed by atoms with Gasteiger partial charge in [-0.15, -0.1) is 0 Å². The van der Waals surface area contributed by atoms with Crippen LogP contribution in [0.5, 0.6) is 0 Å². The Morgan fingerprint density at radius 3 is 2.29 bits per heavy atom. The number of aromatic nitrogens is 2. The second-order valence-corrected chi connectivity index (χ2v) is 5.94. The largest absolute Gasteiger partial charge is 0.462 e. The Hall–Kier alpha value is -1.53. The normalized spacial score (nSPS) is 15.8. The number of aliphatic hydroxyl groups excluding tert-OH is 1. The van der Waals surface area contributed by atoms with Crippen molar-refractivity contribution < 1.29 is 14.6 Å². The number of carbonyl (C=O) groups excluding carboxylic acids is 1. The summed E-state index contributed by atoms with van der Waals surface area (Å²) in [6, 6.07) is 0. The van der Waals surface area contributed by atoms with Gasteiger partial charge < -0.3 is 15.2 Å². The molecule has 1 aromatic rings. The summed E-state index contributed by atoms with van der Waals surface area (Å²) in [5, 5.41) is 12.1. The minimum Gasteiger partial charge on any atom is -0.462 e. The molecule has 0 spiro atoms. The zero-order valence-corrected chi connectivity index (χ0v) is 13.0. The third-order valence-electron chi connectivity index (χ3n) is 3.08. The van der Waals surface area contributed by atoms with Crippen molar-refractivity contribution in [3.05, 3.63) is 23.8 Å². The van der Waals surface area contributed by atoms with E-state index in [1.54, 1.807) is 0 Å². The number of carbonyl (C=O) groups is 1. The minimum atomic E-state index is -0.318. The Kier molecular flexibility index (Phi) is 7.25. The quantitative estimate of drug-likeness (QED) is 0.820. The van der Waals surface area contributed by atoms with E-state index in [-0.39, 0.29) is 12.2 Å². The van der Waals surface area contributed by atoms with Gasteiger partial charge in [0.2, 0.25) is 0 Å². The monoisotopic (exact) mass is 295 g/mol. The molecule has 0 atom stereocenters. The molecule has 0 aliphatic carbocycles. The van der Waals surface area contributed by atoms with E-state index < -0.39 is 0 Å². The fourth-order valence-corrected chi connectivity index (χ4v) is 1.96. The Labute approximate surface area is 126 Å². The second-order valence-electron chi connectivity index (χ2n) is 5.94. The summed E-state index contributed by atoms with van der Waals surface area (Å²) in [7, 11) is 0. The summed E-state index contributed by atoms with van der Waals surface area (Å²) in [4.78, 5) is 17.8. The van der Waals surface area contributed by atoms with Crippen molar-refractivity contribution in [1.82, 2.24) is 15.3 Å². The molecule has 1 saturated heterocycles. The zero-order chi connectivity index (χ0) is 15.7. The highest BCUT2D eigenvalue weighted by molar-refractivity contribution is 5.37. The van der Waals surface area contributed by atoms with Crippen LogP contribution in [0.25, 0.3) is 0 Å². The van der Waals surface area contributed by atoms with Gasteiger partial charge in [0, 0.05) is 12.4 Å². The molecule has 0 unspecified atom stereocenters.